The second-order valence-corrected chi connectivity index (χ2v) is 11.5. The highest BCUT2D eigenvalue weighted by Crippen LogP contribution is 2.28. The van der Waals surface area contributed by atoms with Gasteiger partial charge in [0.2, 0.25) is 0 Å². The molecule has 33 heavy (non-hydrogen) atoms. The molecule has 1 aliphatic rings. The molecule has 8 heteroatoms. The average molecular weight is 468 g/mol. The molecule has 0 N–H and O–H groups in total. The predicted octanol–water partition coefficient (Wildman–Crippen LogP) is 4.74. The number of benzene rings is 1. The van der Waals surface area contributed by atoms with Crippen molar-refractivity contribution < 1.29 is 17.9 Å². The summed E-state index contributed by atoms with van der Waals surface area (Å²) < 4.78 is 30.9. The molecule has 0 bridgehead atoms. The van der Waals surface area contributed by atoms with Gasteiger partial charge in [-0.3, -0.25) is 0 Å². The van der Waals surface area contributed by atoms with Crippen molar-refractivity contribution in [3.63, 3.8) is 0 Å². The molecule has 0 saturated heterocycles. The van der Waals surface area contributed by atoms with Crippen LogP contribution in [0.15, 0.2) is 53.6 Å². The highest BCUT2D eigenvalue weighted by atomic mass is 32.2. The predicted molar refractivity (Wildman–Crippen MR) is 129 cm³/mol. The van der Waals surface area contributed by atoms with Gasteiger partial charge in [0.05, 0.1) is 10.6 Å². The number of sulfone groups is 1. The van der Waals surface area contributed by atoms with Crippen LogP contribution in [-0.2, 0) is 14.6 Å². The molecule has 1 amide bonds. The minimum atomic E-state index is -3.23. The Kier molecular flexibility index (Phi) is 5.82. The number of hydrogen-bond donors (Lipinski definition) is 0. The summed E-state index contributed by atoms with van der Waals surface area (Å²) in [5, 5.41) is 0. The number of fused-ring (bicyclic) bond motifs is 1. The van der Waals surface area contributed by atoms with E-state index in [2.05, 4.69) is 18.2 Å². The van der Waals surface area contributed by atoms with Crippen molar-refractivity contribution >= 4 is 27.2 Å². The van der Waals surface area contributed by atoms with Gasteiger partial charge in [-0.15, -0.1) is 0 Å². The van der Waals surface area contributed by atoms with Crippen LogP contribution in [0.5, 0.6) is 0 Å². The molecule has 0 atom stereocenters. The van der Waals surface area contributed by atoms with Gasteiger partial charge in [0, 0.05) is 36.8 Å². The quantitative estimate of drug-likeness (QED) is 0.556. The van der Waals surface area contributed by atoms with E-state index >= 15 is 0 Å². The van der Waals surface area contributed by atoms with Crippen molar-refractivity contribution in [2.45, 2.75) is 44.6 Å². The minimum absolute atomic E-state index is 0.288. The zero-order valence-electron chi connectivity index (χ0n) is 19.6. The van der Waals surface area contributed by atoms with Crippen LogP contribution in [0.3, 0.4) is 0 Å². The molecule has 174 valence electrons. The maximum absolute atomic E-state index is 12.3. The maximum Gasteiger partial charge on any atom is 0.410 e. The lowest BCUT2D eigenvalue weighted by Crippen LogP contribution is -2.39. The van der Waals surface area contributed by atoms with Crippen LogP contribution in [0.25, 0.3) is 22.5 Å². The molecule has 0 saturated carbocycles. The van der Waals surface area contributed by atoms with E-state index in [9.17, 15) is 13.2 Å². The number of hydrogen-bond acceptors (Lipinski definition) is 5. The number of ether oxygens (including phenoxy) is 1. The maximum atomic E-state index is 12.3. The summed E-state index contributed by atoms with van der Waals surface area (Å²) in [6.07, 6.45) is 5.69. The number of pyridine rings is 1. The van der Waals surface area contributed by atoms with Crippen molar-refractivity contribution in [1.82, 2.24) is 14.3 Å². The second kappa shape index (κ2) is 8.33. The molecule has 0 spiro atoms. The van der Waals surface area contributed by atoms with Crippen molar-refractivity contribution in [2.24, 2.45) is 0 Å². The van der Waals surface area contributed by atoms with E-state index in [0.29, 0.717) is 13.1 Å². The van der Waals surface area contributed by atoms with Crippen molar-refractivity contribution in [3.8, 4) is 11.3 Å². The van der Waals surface area contributed by atoms with Crippen LogP contribution in [-0.4, -0.2) is 53.7 Å². The Morgan fingerprint density at radius 2 is 1.79 bits per heavy atom. The standard InChI is InChI=1S/C25H29N3O4S/c1-17-14-20(18-10-12-27(13-11-18)24(29)32-25(2,3)4)15-23-26-22(16-28(17)23)19-6-8-21(9-7-19)33(5,30)31/h6-10,14-16H,11-13H2,1-5H3. The molecule has 3 aromatic rings. The Balaban J connectivity index is 1.58. The second-order valence-electron chi connectivity index (χ2n) is 9.44. The summed E-state index contributed by atoms with van der Waals surface area (Å²) in [5.74, 6) is 0. The molecular weight excluding hydrogens is 438 g/mol. The van der Waals surface area contributed by atoms with Gasteiger partial charge in [-0.2, -0.15) is 0 Å². The highest BCUT2D eigenvalue weighted by Gasteiger charge is 2.24. The largest absolute Gasteiger partial charge is 0.444 e. The average Bonchev–Trinajstić information content (AvgIpc) is 3.17. The normalized spacial score (nSPS) is 14.9. The summed E-state index contributed by atoms with van der Waals surface area (Å²) >= 11 is 0. The number of imidazole rings is 1. The lowest BCUT2D eigenvalue weighted by atomic mass is 10.00. The molecular formula is C25H29N3O4S. The van der Waals surface area contributed by atoms with Gasteiger partial charge in [-0.1, -0.05) is 18.2 Å². The van der Waals surface area contributed by atoms with E-state index in [1.54, 1.807) is 29.2 Å². The number of nitrogens with zero attached hydrogens (tertiary/aromatic N) is 3. The lowest BCUT2D eigenvalue weighted by Gasteiger charge is -2.29. The first-order valence-electron chi connectivity index (χ1n) is 10.9. The summed E-state index contributed by atoms with van der Waals surface area (Å²) in [6.45, 7) is 8.76. The zero-order chi connectivity index (χ0) is 24.0. The van der Waals surface area contributed by atoms with Crippen LogP contribution in [0.1, 0.15) is 38.4 Å². The van der Waals surface area contributed by atoms with Crippen molar-refractivity contribution in [3.05, 3.63) is 59.9 Å². The van der Waals surface area contributed by atoms with Gasteiger partial charge < -0.3 is 14.0 Å². The Labute approximate surface area is 194 Å². The molecule has 0 unspecified atom stereocenters. The number of amides is 1. The topological polar surface area (TPSA) is 81.0 Å². The molecule has 0 fully saturated rings. The zero-order valence-corrected chi connectivity index (χ0v) is 20.4. The van der Waals surface area contributed by atoms with Crippen molar-refractivity contribution in [2.75, 3.05) is 19.3 Å². The fourth-order valence-electron chi connectivity index (χ4n) is 3.88. The van der Waals surface area contributed by atoms with Crippen LogP contribution >= 0.6 is 0 Å². The Hall–Kier alpha value is -3.13. The summed E-state index contributed by atoms with van der Waals surface area (Å²) in [7, 11) is -3.23. The van der Waals surface area contributed by atoms with E-state index in [1.807, 2.05) is 38.3 Å². The van der Waals surface area contributed by atoms with Gasteiger partial charge in [0.15, 0.2) is 9.84 Å². The monoisotopic (exact) mass is 467 g/mol. The number of carbonyl (C=O) groups is 1. The molecule has 3 heterocycles. The Bertz CT molecular complexity index is 1350. The number of rotatable bonds is 3. The van der Waals surface area contributed by atoms with E-state index < -0.39 is 15.4 Å². The highest BCUT2D eigenvalue weighted by molar-refractivity contribution is 7.90. The fourth-order valence-corrected chi connectivity index (χ4v) is 4.51. The van der Waals surface area contributed by atoms with E-state index in [-0.39, 0.29) is 11.0 Å². The van der Waals surface area contributed by atoms with E-state index in [1.165, 1.54) is 11.8 Å². The number of carbonyl (C=O) groups excluding carboxylic acids is 1. The van der Waals surface area contributed by atoms with Crippen LogP contribution in [0.2, 0.25) is 0 Å². The minimum Gasteiger partial charge on any atom is -0.444 e. The van der Waals surface area contributed by atoms with Crippen LogP contribution < -0.4 is 0 Å². The summed E-state index contributed by atoms with van der Waals surface area (Å²) in [5.41, 5.74) is 5.27. The van der Waals surface area contributed by atoms with Crippen LogP contribution in [0, 0.1) is 6.92 Å². The first kappa shape index (κ1) is 23.0. The SMILES string of the molecule is Cc1cc(C2=CCN(C(=O)OC(C)(C)C)CC2)cc2nc(-c3ccc(S(C)(=O)=O)cc3)cn12. The Morgan fingerprint density at radius 1 is 1.09 bits per heavy atom. The smallest absolute Gasteiger partial charge is 0.410 e. The van der Waals surface area contributed by atoms with E-state index in [0.717, 1.165) is 34.6 Å². The van der Waals surface area contributed by atoms with Crippen LogP contribution in [0.4, 0.5) is 4.79 Å². The molecule has 2 aromatic heterocycles. The third-order valence-corrected chi connectivity index (χ3v) is 6.70. The first-order valence-corrected chi connectivity index (χ1v) is 12.8. The lowest BCUT2D eigenvalue weighted by molar-refractivity contribution is 0.0270. The fraction of sp³-hybridized carbons (Fsp3) is 0.360. The third kappa shape index (κ3) is 5.11. The molecule has 1 aromatic carbocycles. The van der Waals surface area contributed by atoms with Gasteiger partial charge in [-0.25, -0.2) is 18.2 Å². The number of aryl methyl sites for hydroxylation is 1. The molecule has 0 radical (unpaired) electrons. The molecule has 1 aliphatic heterocycles. The molecule has 7 nitrogen and oxygen atoms in total. The summed E-state index contributed by atoms with van der Waals surface area (Å²) in [6, 6.07) is 11.0. The van der Waals surface area contributed by atoms with E-state index in [4.69, 9.17) is 9.72 Å². The van der Waals surface area contributed by atoms with Gasteiger partial charge in [0.1, 0.15) is 11.2 Å². The van der Waals surface area contributed by atoms with Gasteiger partial charge in [0.25, 0.3) is 0 Å². The first-order chi connectivity index (χ1) is 15.4. The summed E-state index contributed by atoms with van der Waals surface area (Å²) in [4.78, 5) is 19.1. The molecule has 0 aliphatic carbocycles. The molecule has 4 rings (SSSR count). The van der Waals surface area contributed by atoms with Crippen molar-refractivity contribution in [1.29, 1.82) is 0 Å². The third-order valence-electron chi connectivity index (χ3n) is 5.57. The van der Waals surface area contributed by atoms with Gasteiger partial charge in [-0.05, 0) is 69.5 Å². The Morgan fingerprint density at radius 3 is 2.36 bits per heavy atom. The number of aromatic nitrogens is 2. The van der Waals surface area contributed by atoms with Gasteiger partial charge >= 0.3 is 6.09 Å².